The van der Waals surface area contributed by atoms with Crippen molar-refractivity contribution in [2.45, 2.75) is 110 Å². The van der Waals surface area contributed by atoms with Crippen LogP contribution in [-0.2, 0) is 52.8 Å². The van der Waals surface area contributed by atoms with Crippen molar-refractivity contribution in [2.75, 3.05) is 57.6 Å². The van der Waals surface area contributed by atoms with Crippen molar-refractivity contribution in [3.63, 3.8) is 0 Å². The fraction of sp³-hybridized carbons (Fsp3) is 0.558. The van der Waals surface area contributed by atoms with Gasteiger partial charge in [0, 0.05) is 102 Å². The summed E-state index contributed by atoms with van der Waals surface area (Å²) >= 11 is 3.67. The number of alkyl halides is 1. The number of nitrogens with zero attached hydrogens (tertiary/aromatic N) is 7. The fourth-order valence-corrected chi connectivity index (χ4v) is 15.4. The Labute approximate surface area is 442 Å². The summed E-state index contributed by atoms with van der Waals surface area (Å²) in [6.07, 6.45) is 5.47. The number of rotatable bonds is 10. The Bertz CT molecular complexity index is 2680. The Balaban J connectivity index is 1.16. The summed E-state index contributed by atoms with van der Waals surface area (Å²) in [4.78, 5) is 84.5. The highest BCUT2D eigenvalue weighted by atomic mass is 127. The number of hydrogen-bond acceptors (Lipinski definition) is 12. The van der Waals surface area contributed by atoms with Gasteiger partial charge in [-0.25, -0.2) is 15.2 Å². The minimum absolute atomic E-state index is 0.0856. The van der Waals surface area contributed by atoms with Crippen LogP contribution in [0, 0.1) is 17.3 Å². The molecular formula is C52H69IN9O8SSi. The van der Waals surface area contributed by atoms with Gasteiger partial charge in [0.25, 0.3) is 5.91 Å². The second-order valence-electron chi connectivity index (χ2n) is 20.4. The number of likely N-dealkylation sites (N-methyl/N-ethyl adjacent to an activating group) is 1. The minimum Gasteiger partial charge on any atom is -0.465 e. The molecule has 0 spiro atoms. The third-order valence-corrected chi connectivity index (χ3v) is 19.4. The average Bonchev–Trinajstić information content (AvgIpc) is 3.89. The lowest BCUT2D eigenvalue weighted by molar-refractivity contribution is -0.153. The summed E-state index contributed by atoms with van der Waals surface area (Å²) in [6, 6.07) is 7.67. The number of hydrazine groups is 1. The van der Waals surface area contributed by atoms with Crippen molar-refractivity contribution in [3.05, 3.63) is 70.8 Å². The predicted molar refractivity (Wildman–Crippen MR) is 287 cm³/mol. The molecule has 1 aromatic carbocycles. The number of halogens is 1. The van der Waals surface area contributed by atoms with Crippen LogP contribution in [0.2, 0.25) is 0 Å². The molecule has 3 fully saturated rings. The Morgan fingerprint density at radius 3 is 2.67 bits per heavy atom. The SMILES string of the molecule is C=CC(=O)N1CCO[C@@H]2CCN(C(=O)N(C)[C@H](C(=O)N[C@H]3Cc4nc(cs4)-c4ccc5c(c4)c(c(-c4cccnc4[C@H](C)OC)n5CC)CC(C)(C)COC(=O)[C@@H]4CCCN(NC4CI)C3=O)C(C)C)C[Si]21. The molecule has 4 aliphatic rings. The largest absolute Gasteiger partial charge is 0.465 e. The molecule has 72 heavy (non-hydrogen) atoms. The molecule has 7 heterocycles. The third-order valence-electron chi connectivity index (χ3n) is 14.6. The number of urea groups is 1. The smallest absolute Gasteiger partial charge is 0.320 e. The third kappa shape index (κ3) is 11.0. The topological polar surface area (TPSA) is 181 Å². The first-order chi connectivity index (χ1) is 34.5. The van der Waals surface area contributed by atoms with Crippen molar-refractivity contribution < 1.29 is 38.2 Å². The molecule has 6 bridgehead atoms. The monoisotopic (exact) mass is 1130 g/mol. The van der Waals surface area contributed by atoms with Gasteiger partial charge in [-0.3, -0.25) is 29.2 Å². The van der Waals surface area contributed by atoms with Crippen LogP contribution >= 0.6 is 33.9 Å². The van der Waals surface area contributed by atoms with E-state index >= 15 is 4.79 Å². The van der Waals surface area contributed by atoms with Crippen LogP contribution in [0.5, 0.6) is 0 Å². The molecule has 17 nitrogen and oxygen atoms in total. The summed E-state index contributed by atoms with van der Waals surface area (Å²) in [5.74, 6) is -2.19. The summed E-state index contributed by atoms with van der Waals surface area (Å²) < 4.78 is 22.9. The zero-order chi connectivity index (χ0) is 51.6. The quantitative estimate of drug-likeness (QED) is 0.0581. The van der Waals surface area contributed by atoms with Gasteiger partial charge in [0.15, 0.2) is 0 Å². The lowest BCUT2D eigenvalue weighted by atomic mass is 9.84. The molecule has 4 aliphatic heterocycles. The number of methoxy groups -OCH3 is 1. The molecule has 1 unspecified atom stereocenters. The lowest BCUT2D eigenvalue weighted by Crippen LogP contribution is -2.67. The van der Waals surface area contributed by atoms with Crippen LogP contribution in [0.4, 0.5) is 4.79 Å². The zero-order valence-corrected chi connectivity index (χ0v) is 46.7. The second kappa shape index (κ2) is 22.8. The van der Waals surface area contributed by atoms with Crippen LogP contribution < -0.4 is 10.7 Å². The van der Waals surface area contributed by atoms with Crippen LogP contribution in [0.3, 0.4) is 0 Å². The van der Waals surface area contributed by atoms with E-state index in [0.29, 0.717) is 74.1 Å². The van der Waals surface area contributed by atoms with E-state index in [1.165, 1.54) is 22.3 Å². The molecule has 5 amide bonds. The predicted octanol–water partition coefficient (Wildman–Crippen LogP) is 6.52. The molecule has 387 valence electrons. The molecule has 3 aromatic heterocycles. The van der Waals surface area contributed by atoms with Crippen molar-refractivity contribution in [1.29, 1.82) is 0 Å². The maximum Gasteiger partial charge on any atom is 0.320 e. The van der Waals surface area contributed by atoms with Crippen LogP contribution in [0.25, 0.3) is 33.4 Å². The van der Waals surface area contributed by atoms with E-state index in [0.717, 1.165) is 44.7 Å². The van der Waals surface area contributed by atoms with E-state index in [4.69, 9.17) is 24.2 Å². The van der Waals surface area contributed by atoms with Crippen molar-refractivity contribution in [2.24, 2.45) is 17.3 Å². The maximum absolute atomic E-state index is 15.0. The number of nitrogens with one attached hydrogen (secondary N) is 2. The van der Waals surface area contributed by atoms with E-state index in [1.54, 1.807) is 30.3 Å². The van der Waals surface area contributed by atoms with Crippen LogP contribution in [-0.4, -0.2) is 154 Å². The second-order valence-corrected chi connectivity index (χ2v) is 24.7. The number of carbonyl (C=O) groups is 5. The van der Waals surface area contributed by atoms with Gasteiger partial charge in [-0.15, -0.1) is 11.3 Å². The first-order valence-electron chi connectivity index (χ1n) is 25.1. The highest BCUT2D eigenvalue weighted by Crippen LogP contribution is 2.42. The number of aryl methyl sites for hydroxylation is 1. The van der Waals surface area contributed by atoms with Gasteiger partial charge < -0.3 is 38.5 Å². The Morgan fingerprint density at radius 1 is 1.15 bits per heavy atom. The maximum atomic E-state index is 15.0. The van der Waals surface area contributed by atoms with Gasteiger partial charge in [0.2, 0.25) is 20.8 Å². The number of carbonyl (C=O) groups excluding carboxylic acids is 5. The Kier molecular flexibility index (Phi) is 17.0. The summed E-state index contributed by atoms with van der Waals surface area (Å²) in [6.45, 7) is 18.3. The van der Waals surface area contributed by atoms with Gasteiger partial charge in [-0.1, -0.05) is 62.9 Å². The van der Waals surface area contributed by atoms with Crippen LogP contribution in [0.15, 0.2) is 54.6 Å². The highest BCUT2D eigenvalue weighted by Gasteiger charge is 2.45. The van der Waals surface area contributed by atoms with E-state index in [9.17, 15) is 19.2 Å². The Hall–Kier alpha value is -4.74. The number of esters is 1. The number of aromatic nitrogens is 3. The minimum atomic E-state index is -1.61. The molecule has 1 radical (unpaired) electrons. The molecule has 4 aromatic rings. The number of fused-ring (bicyclic) bond motifs is 8. The van der Waals surface area contributed by atoms with Crippen molar-refractivity contribution in [1.82, 2.24) is 44.7 Å². The molecular weight excluding hydrogens is 1070 g/mol. The molecule has 2 N–H and O–H groups in total. The molecule has 6 atom stereocenters. The number of pyridine rings is 1. The van der Waals surface area contributed by atoms with Gasteiger partial charge in [0.1, 0.15) is 12.1 Å². The van der Waals surface area contributed by atoms with E-state index in [2.05, 4.69) is 89.5 Å². The number of ether oxygens (including phenoxy) is 3. The Morgan fingerprint density at radius 2 is 1.94 bits per heavy atom. The van der Waals surface area contributed by atoms with Crippen molar-refractivity contribution in [3.8, 4) is 22.5 Å². The summed E-state index contributed by atoms with van der Waals surface area (Å²) in [7, 11) is 1.70. The number of benzene rings is 1. The normalized spacial score (nSPS) is 22.9. The standard InChI is InChI=1S/C52H69IN9O8SSi/c1-10-43(63)62-22-23-69-44-18-21-59(30-72(44)62)51(67)58(8)46(31(3)4)48(64)56-38-25-42-55-40(28-71-42)33-16-17-41-36(24-33)37(47(60(41)11-2)35-14-12-19-54-45(35)32(5)68-9)26-52(6,7)29-70-50(66)34-15-13-20-61(49(38)65)57-39(34)27-53/h10,12,14,16-17,19,24,28,31-32,34,38-39,44,46,57H,1,11,13,15,18,20-23,25-27,29-30H2,2-9H3,(H,56,64)/t32-,34+,38-,39?,44-,46-/m0/s1. The molecule has 8 rings (SSSR count). The van der Waals surface area contributed by atoms with Crippen LogP contribution in [0.1, 0.15) is 83.2 Å². The summed E-state index contributed by atoms with van der Waals surface area (Å²) in [5.41, 5.74) is 9.44. The van der Waals surface area contributed by atoms with E-state index in [-0.39, 0.29) is 54.6 Å². The first kappa shape index (κ1) is 53.5. The number of hydrogen-bond donors (Lipinski definition) is 2. The van der Waals surface area contributed by atoms with E-state index < -0.39 is 44.3 Å². The number of thiazole rings is 1. The van der Waals surface area contributed by atoms with Gasteiger partial charge in [-0.2, -0.15) is 0 Å². The van der Waals surface area contributed by atoms with Gasteiger partial charge in [-0.05, 0) is 81.4 Å². The highest BCUT2D eigenvalue weighted by molar-refractivity contribution is 14.1. The molecule has 3 saturated heterocycles. The van der Waals surface area contributed by atoms with E-state index in [1.807, 2.05) is 36.8 Å². The lowest BCUT2D eigenvalue weighted by Gasteiger charge is -2.46. The number of amides is 5. The molecule has 20 heteroatoms. The molecule has 0 aliphatic carbocycles. The average molecular weight is 1140 g/mol. The summed E-state index contributed by atoms with van der Waals surface area (Å²) in [5, 5.41) is 8.35. The zero-order valence-electron chi connectivity index (χ0n) is 42.7. The van der Waals surface area contributed by atoms with Crippen molar-refractivity contribution >= 4 is 83.5 Å². The number of cyclic esters (lactones) is 1. The fourth-order valence-electron chi connectivity index (χ4n) is 10.8. The van der Waals surface area contributed by atoms with Gasteiger partial charge >= 0.3 is 12.0 Å². The van der Waals surface area contributed by atoms with Gasteiger partial charge in [0.05, 0.1) is 53.1 Å². The first-order valence-corrected chi connectivity index (χ1v) is 29.2. The molecule has 0 saturated carbocycles.